The Bertz CT molecular complexity index is 834. The van der Waals surface area contributed by atoms with Gasteiger partial charge in [0, 0.05) is 18.2 Å². The summed E-state index contributed by atoms with van der Waals surface area (Å²) in [6, 6.07) is 13.9. The van der Waals surface area contributed by atoms with Crippen molar-refractivity contribution >= 4 is 40.1 Å². The van der Waals surface area contributed by atoms with Crippen LogP contribution in [0.2, 0.25) is 0 Å². The first-order valence-electron chi connectivity index (χ1n) is 7.71. The van der Waals surface area contributed by atoms with Gasteiger partial charge in [0.05, 0.1) is 5.69 Å². The predicted octanol–water partition coefficient (Wildman–Crippen LogP) is 2.95. The fourth-order valence-corrected chi connectivity index (χ4v) is 3.28. The summed E-state index contributed by atoms with van der Waals surface area (Å²) in [4.78, 5) is 28.4. The molecule has 0 radical (unpaired) electrons. The molecule has 3 rings (SSSR count). The van der Waals surface area contributed by atoms with Crippen LogP contribution >= 0.6 is 11.8 Å². The van der Waals surface area contributed by atoms with Crippen molar-refractivity contribution in [1.82, 2.24) is 5.32 Å². The van der Waals surface area contributed by atoms with Gasteiger partial charge in [-0.3, -0.25) is 9.59 Å². The Morgan fingerprint density at radius 2 is 2.04 bits per heavy atom. The number of nitrogens with one attached hydrogen (secondary N) is 2. The molecule has 0 aliphatic carbocycles. The van der Waals surface area contributed by atoms with E-state index >= 15 is 0 Å². The van der Waals surface area contributed by atoms with Crippen LogP contribution in [0.25, 0.3) is 0 Å². The van der Waals surface area contributed by atoms with Crippen molar-refractivity contribution in [1.29, 1.82) is 0 Å². The second-order valence-corrected chi connectivity index (χ2v) is 6.84. The molecule has 2 amide bonds. The summed E-state index contributed by atoms with van der Waals surface area (Å²) in [5.41, 5.74) is 2.34. The van der Waals surface area contributed by atoms with E-state index in [-0.39, 0.29) is 24.0 Å². The molecule has 2 aromatic carbocycles. The second kappa shape index (κ2) is 7.40. The summed E-state index contributed by atoms with van der Waals surface area (Å²) < 4.78 is 0. The minimum Gasteiger partial charge on any atom is -0.508 e. The van der Waals surface area contributed by atoms with Gasteiger partial charge < -0.3 is 15.7 Å². The molecular weight excluding hydrogens is 338 g/mol. The lowest BCUT2D eigenvalue weighted by Crippen LogP contribution is -2.28. The molecule has 1 fully saturated rings. The second-order valence-electron chi connectivity index (χ2n) is 5.65. The molecule has 0 spiro atoms. The molecule has 0 aromatic heterocycles. The van der Waals surface area contributed by atoms with Gasteiger partial charge in [-0.1, -0.05) is 35.5 Å². The van der Waals surface area contributed by atoms with Gasteiger partial charge in [0.25, 0.3) is 0 Å². The predicted molar refractivity (Wildman–Crippen MR) is 99.1 cm³/mol. The monoisotopic (exact) mass is 355 g/mol. The molecule has 1 saturated heterocycles. The molecule has 0 bridgehead atoms. The van der Waals surface area contributed by atoms with Gasteiger partial charge >= 0.3 is 0 Å². The van der Waals surface area contributed by atoms with Crippen molar-refractivity contribution in [3.8, 4) is 5.75 Å². The standard InChI is InChI=1S/C18H17N3O3S/c1-11-5-7-12(8-6-11)19-16(23)10-15-17(24)21-18(25-15)20-13-3-2-4-14(22)9-13/h2-9,15,22H,10H2,1H3,(H,19,23)(H,20,21,24)/t15-/m1/s1. The van der Waals surface area contributed by atoms with E-state index in [0.29, 0.717) is 16.5 Å². The highest BCUT2D eigenvalue weighted by molar-refractivity contribution is 8.15. The Labute approximate surface area is 149 Å². The van der Waals surface area contributed by atoms with Crippen molar-refractivity contribution in [2.24, 2.45) is 4.99 Å². The number of amidine groups is 1. The largest absolute Gasteiger partial charge is 0.508 e. The van der Waals surface area contributed by atoms with Gasteiger partial charge in [-0.15, -0.1) is 0 Å². The van der Waals surface area contributed by atoms with Crippen LogP contribution in [0.3, 0.4) is 0 Å². The lowest BCUT2D eigenvalue weighted by atomic mass is 10.2. The van der Waals surface area contributed by atoms with Crippen LogP contribution in [0.15, 0.2) is 53.5 Å². The number of nitrogens with zero attached hydrogens (tertiary/aromatic N) is 1. The number of phenolic OH excluding ortho intramolecular Hbond substituents is 1. The Morgan fingerprint density at radius 1 is 1.28 bits per heavy atom. The van der Waals surface area contributed by atoms with E-state index in [0.717, 1.165) is 5.56 Å². The SMILES string of the molecule is Cc1ccc(NC(=O)C[C@H]2SC(=Nc3cccc(O)c3)NC2=O)cc1. The van der Waals surface area contributed by atoms with Crippen LogP contribution in [-0.2, 0) is 9.59 Å². The molecule has 0 saturated carbocycles. The van der Waals surface area contributed by atoms with Crippen molar-refractivity contribution in [3.05, 3.63) is 54.1 Å². The number of hydrogen-bond acceptors (Lipinski definition) is 5. The number of aromatic hydroxyl groups is 1. The fourth-order valence-electron chi connectivity index (χ4n) is 2.29. The minimum atomic E-state index is -0.526. The molecule has 3 N–H and O–H groups in total. The normalized spacial score (nSPS) is 18.2. The van der Waals surface area contributed by atoms with Crippen LogP contribution in [0.1, 0.15) is 12.0 Å². The summed E-state index contributed by atoms with van der Waals surface area (Å²) in [7, 11) is 0. The maximum Gasteiger partial charge on any atom is 0.240 e. The number of aryl methyl sites for hydroxylation is 1. The number of carbonyl (C=O) groups excluding carboxylic acids is 2. The number of benzene rings is 2. The first-order chi connectivity index (χ1) is 12.0. The zero-order valence-corrected chi connectivity index (χ0v) is 14.3. The summed E-state index contributed by atoms with van der Waals surface area (Å²) in [6.45, 7) is 1.97. The molecule has 25 heavy (non-hydrogen) atoms. The number of rotatable bonds is 4. The first-order valence-corrected chi connectivity index (χ1v) is 8.59. The van der Waals surface area contributed by atoms with E-state index in [1.165, 1.54) is 17.8 Å². The quantitative estimate of drug-likeness (QED) is 0.786. The fraction of sp³-hybridized carbons (Fsp3) is 0.167. The minimum absolute atomic E-state index is 0.0590. The maximum absolute atomic E-state index is 12.1. The summed E-state index contributed by atoms with van der Waals surface area (Å²) in [6.07, 6.45) is 0.0590. The van der Waals surface area contributed by atoms with Crippen molar-refractivity contribution in [2.75, 3.05) is 5.32 Å². The van der Waals surface area contributed by atoms with Crippen LogP contribution in [0.4, 0.5) is 11.4 Å². The average molecular weight is 355 g/mol. The lowest BCUT2D eigenvalue weighted by Gasteiger charge is -2.07. The van der Waals surface area contributed by atoms with Gasteiger partial charge in [-0.25, -0.2) is 4.99 Å². The Morgan fingerprint density at radius 3 is 2.76 bits per heavy atom. The van der Waals surface area contributed by atoms with Crippen LogP contribution in [0.5, 0.6) is 5.75 Å². The third-order valence-electron chi connectivity index (χ3n) is 3.54. The molecule has 6 nitrogen and oxygen atoms in total. The number of thioether (sulfide) groups is 1. The van der Waals surface area contributed by atoms with Crippen LogP contribution in [-0.4, -0.2) is 27.3 Å². The highest BCUT2D eigenvalue weighted by Crippen LogP contribution is 2.26. The van der Waals surface area contributed by atoms with Gasteiger partial charge in [-0.2, -0.15) is 0 Å². The lowest BCUT2D eigenvalue weighted by molar-refractivity contribution is -0.122. The molecule has 7 heteroatoms. The number of phenols is 1. The third-order valence-corrected chi connectivity index (χ3v) is 4.62. The van der Waals surface area contributed by atoms with E-state index in [4.69, 9.17) is 0 Å². The zero-order chi connectivity index (χ0) is 17.8. The maximum atomic E-state index is 12.1. The number of anilines is 1. The molecule has 1 heterocycles. The van der Waals surface area contributed by atoms with Crippen molar-refractivity contribution in [2.45, 2.75) is 18.6 Å². The van der Waals surface area contributed by atoms with E-state index in [9.17, 15) is 14.7 Å². The molecule has 1 atom stereocenters. The number of hydrogen-bond donors (Lipinski definition) is 3. The Hall–Kier alpha value is -2.80. The van der Waals surface area contributed by atoms with Gasteiger partial charge in [-0.05, 0) is 31.2 Å². The van der Waals surface area contributed by atoms with E-state index in [1.807, 2.05) is 31.2 Å². The van der Waals surface area contributed by atoms with Gasteiger partial charge in [0.2, 0.25) is 11.8 Å². The number of aliphatic imine (C=N–C) groups is 1. The van der Waals surface area contributed by atoms with Crippen molar-refractivity contribution in [3.63, 3.8) is 0 Å². The Kier molecular flexibility index (Phi) is 5.04. The van der Waals surface area contributed by atoms with Gasteiger partial charge in [0.15, 0.2) is 5.17 Å². The average Bonchev–Trinajstić information content (AvgIpc) is 2.89. The van der Waals surface area contributed by atoms with E-state index in [1.54, 1.807) is 18.2 Å². The highest BCUT2D eigenvalue weighted by Gasteiger charge is 2.32. The third kappa shape index (κ3) is 4.60. The molecular formula is C18H17N3O3S. The molecule has 2 aromatic rings. The molecule has 1 aliphatic heterocycles. The number of amides is 2. The first kappa shape index (κ1) is 17.0. The van der Waals surface area contributed by atoms with E-state index in [2.05, 4.69) is 15.6 Å². The van der Waals surface area contributed by atoms with E-state index < -0.39 is 5.25 Å². The van der Waals surface area contributed by atoms with Gasteiger partial charge in [0.1, 0.15) is 11.0 Å². The molecule has 0 unspecified atom stereocenters. The summed E-state index contributed by atoms with van der Waals surface area (Å²) >= 11 is 1.21. The number of carbonyl (C=O) groups is 2. The van der Waals surface area contributed by atoms with Crippen LogP contribution in [0, 0.1) is 6.92 Å². The van der Waals surface area contributed by atoms with Crippen LogP contribution < -0.4 is 10.6 Å². The van der Waals surface area contributed by atoms with Crippen molar-refractivity contribution < 1.29 is 14.7 Å². The summed E-state index contributed by atoms with van der Waals surface area (Å²) in [5.74, 6) is -0.372. The zero-order valence-electron chi connectivity index (χ0n) is 13.5. The smallest absolute Gasteiger partial charge is 0.240 e. The highest BCUT2D eigenvalue weighted by atomic mass is 32.2. The topological polar surface area (TPSA) is 90.8 Å². The Balaban J connectivity index is 1.61. The molecule has 128 valence electrons. The molecule has 1 aliphatic rings. The summed E-state index contributed by atoms with van der Waals surface area (Å²) in [5, 5.41) is 14.8.